The van der Waals surface area contributed by atoms with E-state index in [1.807, 2.05) is 20.8 Å². The Hall–Kier alpha value is -0.420. The van der Waals surface area contributed by atoms with Gasteiger partial charge in [-0.25, -0.2) is 4.79 Å². The second kappa shape index (κ2) is 8.44. The maximum atomic E-state index is 11.9. The molecule has 22 heavy (non-hydrogen) atoms. The summed E-state index contributed by atoms with van der Waals surface area (Å²) in [5.74, 6) is 4.08. The maximum absolute atomic E-state index is 11.9. The molecule has 2 aliphatic rings. The fourth-order valence-electron chi connectivity index (χ4n) is 3.34. The van der Waals surface area contributed by atoms with Crippen LogP contribution in [0.4, 0.5) is 4.79 Å². The van der Waals surface area contributed by atoms with E-state index < -0.39 is 5.60 Å². The van der Waals surface area contributed by atoms with E-state index in [2.05, 4.69) is 22.4 Å². The van der Waals surface area contributed by atoms with Crippen LogP contribution in [0.1, 0.15) is 52.9 Å². The Morgan fingerprint density at radius 1 is 1.27 bits per heavy atom. The Morgan fingerprint density at radius 3 is 2.59 bits per heavy atom. The van der Waals surface area contributed by atoms with E-state index in [4.69, 9.17) is 4.74 Å². The highest BCUT2D eigenvalue weighted by molar-refractivity contribution is 7.99. The van der Waals surface area contributed by atoms with Crippen LogP contribution >= 0.6 is 11.8 Å². The van der Waals surface area contributed by atoms with Crippen LogP contribution < -0.4 is 10.6 Å². The highest BCUT2D eigenvalue weighted by atomic mass is 32.2. The molecule has 2 fully saturated rings. The Kier molecular flexibility index (Phi) is 6.87. The van der Waals surface area contributed by atoms with Crippen molar-refractivity contribution >= 4 is 17.9 Å². The molecule has 0 spiro atoms. The van der Waals surface area contributed by atoms with E-state index in [1.54, 1.807) is 0 Å². The number of amides is 1. The molecule has 2 rings (SSSR count). The fourth-order valence-corrected chi connectivity index (χ4v) is 4.62. The van der Waals surface area contributed by atoms with Gasteiger partial charge in [-0.1, -0.05) is 12.8 Å². The van der Waals surface area contributed by atoms with Crippen LogP contribution in [0.5, 0.6) is 0 Å². The van der Waals surface area contributed by atoms with Gasteiger partial charge in [0.05, 0.1) is 0 Å². The van der Waals surface area contributed by atoms with Crippen molar-refractivity contribution < 1.29 is 9.53 Å². The summed E-state index contributed by atoms with van der Waals surface area (Å²) in [5, 5.41) is 6.70. The number of carbonyl (C=O) groups excluding carboxylic acids is 1. The molecular formula is C17H32N2O2S. The summed E-state index contributed by atoms with van der Waals surface area (Å²) in [6.07, 6.45) is 6.26. The van der Waals surface area contributed by atoms with Crippen molar-refractivity contribution in [2.45, 2.75) is 64.5 Å². The summed E-state index contributed by atoms with van der Waals surface area (Å²) in [5.41, 5.74) is -0.429. The predicted octanol–water partition coefficient (Wildman–Crippen LogP) is 3.41. The summed E-state index contributed by atoms with van der Waals surface area (Å²) in [4.78, 5) is 11.9. The van der Waals surface area contributed by atoms with Gasteiger partial charge in [0.1, 0.15) is 5.60 Å². The molecule has 4 nitrogen and oxygen atoms in total. The zero-order chi connectivity index (χ0) is 16.0. The fraction of sp³-hybridized carbons (Fsp3) is 0.941. The first-order valence-corrected chi connectivity index (χ1v) is 9.87. The van der Waals surface area contributed by atoms with Crippen LogP contribution in [0.3, 0.4) is 0 Å². The van der Waals surface area contributed by atoms with E-state index in [0.717, 1.165) is 12.5 Å². The number of rotatable bonds is 6. The standard InChI is InChI=1S/C17H32N2O2S/c1-17(2,3)21-16(20)19-11-15(14-6-4-5-7-14)18-10-13-8-9-22-12-13/h13-15,18H,4-12H2,1-3H3,(H,19,20). The van der Waals surface area contributed by atoms with E-state index >= 15 is 0 Å². The largest absolute Gasteiger partial charge is 0.444 e. The lowest BCUT2D eigenvalue weighted by Gasteiger charge is -2.27. The van der Waals surface area contributed by atoms with Crippen molar-refractivity contribution in [1.82, 2.24) is 10.6 Å². The third-order valence-corrected chi connectivity index (χ3v) is 5.76. The van der Waals surface area contributed by atoms with Crippen LogP contribution in [0, 0.1) is 11.8 Å². The number of thioether (sulfide) groups is 1. The Balaban J connectivity index is 1.77. The summed E-state index contributed by atoms with van der Waals surface area (Å²) in [6.45, 7) is 7.47. The van der Waals surface area contributed by atoms with Crippen molar-refractivity contribution in [2.75, 3.05) is 24.6 Å². The number of ether oxygens (including phenoxy) is 1. The van der Waals surface area contributed by atoms with Gasteiger partial charge in [0.15, 0.2) is 0 Å². The zero-order valence-corrected chi connectivity index (χ0v) is 15.1. The highest BCUT2D eigenvalue weighted by Crippen LogP contribution is 2.28. The molecule has 0 bridgehead atoms. The average molecular weight is 329 g/mol. The Morgan fingerprint density at radius 2 is 2.00 bits per heavy atom. The van der Waals surface area contributed by atoms with Crippen LogP contribution in [0.2, 0.25) is 0 Å². The molecule has 2 N–H and O–H groups in total. The van der Waals surface area contributed by atoms with Gasteiger partial charge in [-0.2, -0.15) is 11.8 Å². The van der Waals surface area contributed by atoms with E-state index in [0.29, 0.717) is 18.5 Å². The van der Waals surface area contributed by atoms with Gasteiger partial charge >= 0.3 is 6.09 Å². The molecule has 0 aromatic carbocycles. The highest BCUT2D eigenvalue weighted by Gasteiger charge is 2.27. The zero-order valence-electron chi connectivity index (χ0n) is 14.3. The van der Waals surface area contributed by atoms with Crippen LogP contribution in [0.15, 0.2) is 0 Å². The number of alkyl carbamates (subject to hydrolysis) is 1. The van der Waals surface area contributed by atoms with E-state index in [-0.39, 0.29) is 6.09 Å². The van der Waals surface area contributed by atoms with Crippen molar-refractivity contribution in [3.63, 3.8) is 0 Å². The van der Waals surface area contributed by atoms with Gasteiger partial charge in [0.2, 0.25) is 0 Å². The van der Waals surface area contributed by atoms with Gasteiger partial charge in [-0.15, -0.1) is 0 Å². The SMILES string of the molecule is CC(C)(C)OC(=O)NCC(NCC1CCSC1)C1CCCC1. The Bertz CT molecular complexity index is 345. The molecule has 5 heteroatoms. The van der Waals surface area contributed by atoms with Crippen LogP contribution in [0.25, 0.3) is 0 Å². The molecule has 0 aromatic rings. The molecule has 1 aliphatic heterocycles. The molecule has 1 amide bonds. The van der Waals surface area contributed by atoms with Crippen LogP contribution in [-0.4, -0.2) is 42.3 Å². The average Bonchev–Trinajstić information content (AvgIpc) is 3.09. The second-order valence-corrected chi connectivity index (χ2v) is 8.82. The van der Waals surface area contributed by atoms with Crippen molar-refractivity contribution in [3.05, 3.63) is 0 Å². The van der Waals surface area contributed by atoms with Gasteiger partial charge in [-0.05, 0) is 69.9 Å². The maximum Gasteiger partial charge on any atom is 0.407 e. The molecule has 2 atom stereocenters. The first-order chi connectivity index (χ1) is 10.4. The summed E-state index contributed by atoms with van der Waals surface area (Å²) < 4.78 is 5.35. The van der Waals surface area contributed by atoms with Crippen molar-refractivity contribution in [2.24, 2.45) is 11.8 Å². The van der Waals surface area contributed by atoms with E-state index in [1.165, 1.54) is 43.6 Å². The lowest BCUT2D eigenvalue weighted by molar-refractivity contribution is 0.0518. The first kappa shape index (κ1) is 17.9. The third-order valence-electron chi connectivity index (χ3n) is 4.53. The number of carbonyl (C=O) groups is 1. The quantitative estimate of drug-likeness (QED) is 0.784. The van der Waals surface area contributed by atoms with Crippen molar-refractivity contribution in [1.29, 1.82) is 0 Å². The molecular weight excluding hydrogens is 296 g/mol. The minimum absolute atomic E-state index is 0.297. The molecule has 1 saturated heterocycles. The van der Waals surface area contributed by atoms with Gasteiger partial charge in [-0.3, -0.25) is 0 Å². The van der Waals surface area contributed by atoms with E-state index in [9.17, 15) is 4.79 Å². The van der Waals surface area contributed by atoms with Crippen molar-refractivity contribution in [3.8, 4) is 0 Å². The molecule has 0 radical (unpaired) electrons. The third kappa shape index (κ3) is 6.37. The smallest absolute Gasteiger partial charge is 0.407 e. The second-order valence-electron chi connectivity index (χ2n) is 7.67. The molecule has 0 aromatic heterocycles. The Labute approximate surface area is 139 Å². The topological polar surface area (TPSA) is 50.4 Å². The summed E-state index contributed by atoms with van der Waals surface area (Å²) in [6, 6.07) is 0.389. The molecule has 1 saturated carbocycles. The molecule has 2 unspecified atom stereocenters. The normalized spacial score (nSPS) is 24.4. The predicted molar refractivity (Wildman–Crippen MR) is 93.4 cm³/mol. The molecule has 1 aliphatic carbocycles. The lowest BCUT2D eigenvalue weighted by atomic mass is 9.97. The van der Waals surface area contributed by atoms with Crippen LogP contribution in [-0.2, 0) is 4.74 Å². The van der Waals surface area contributed by atoms with Gasteiger partial charge in [0.25, 0.3) is 0 Å². The number of hydrogen-bond acceptors (Lipinski definition) is 4. The lowest BCUT2D eigenvalue weighted by Crippen LogP contribution is -2.47. The minimum atomic E-state index is -0.429. The minimum Gasteiger partial charge on any atom is -0.444 e. The monoisotopic (exact) mass is 328 g/mol. The summed E-state index contributed by atoms with van der Waals surface area (Å²) >= 11 is 2.06. The first-order valence-electron chi connectivity index (χ1n) is 8.72. The number of nitrogens with one attached hydrogen (secondary N) is 2. The number of hydrogen-bond donors (Lipinski definition) is 2. The molecule has 128 valence electrons. The molecule has 1 heterocycles. The van der Waals surface area contributed by atoms with Gasteiger partial charge < -0.3 is 15.4 Å². The summed E-state index contributed by atoms with van der Waals surface area (Å²) in [7, 11) is 0. The van der Waals surface area contributed by atoms with Gasteiger partial charge in [0, 0.05) is 12.6 Å².